The Kier molecular flexibility index (Phi) is 5.86. The predicted octanol–water partition coefficient (Wildman–Crippen LogP) is 1.77. The Labute approximate surface area is 104 Å². The second kappa shape index (κ2) is 7.19. The summed E-state index contributed by atoms with van der Waals surface area (Å²) in [5, 5.41) is 12.3. The number of ether oxygens (including phenoxy) is 1. The molecule has 1 aliphatic carbocycles. The molecule has 1 heterocycles. The maximum atomic E-state index is 10.9. The van der Waals surface area contributed by atoms with Gasteiger partial charge in [0.25, 0.3) is 0 Å². The summed E-state index contributed by atoms with van der Waals surface area (Å²) in [5.41, 5.74) is 1.00. The summed E-state index contributed by atoms with van der Waals surface area (Å²) in [5.74, 6) is -0.792. The fourth-order valence-corrected chi connectivity index (χ4v) is 2.25. The first kappa shape index (κ1) is 13.9. The first-order valence-corrected chi connectivity index (χ1v) is 6.35. The van der Waals surface area contributed by atoms with Crippen LogP contribution in [0.4, 0.5) is 0 Å². The molecular weight excluding hydrogens is 240 g/mol. The van der Waals surface area contributed by atoms with Gasteiger partial charge in [-0.3, -0.25) is 9.59 Å². The van der Waals surface area contributed by atoms with Crippen molar-refractivity contribution in [3.8, 4) is 0 Å². The second-order valence-corrected chi connectivity index (χ2v) is 4.50. The SMILES string of the molecule is COC(=O)C1CCCC1=O.OCc1ccsc1. The topological polar surface area (TPSA) is 63.6 Å². The van der Waals surface area contributed by atoms with Crippen LogP contribution in [0.2, 0.25) is 0 Å². The monoisotopic (exact) mass is 256 g/mol. The van der Waals surface area contributed by atoms with Crippen molar-refractivity contribution in [3.63, 3.8) is 0 Å². The average molecular weight is 256 g/mol. The van der Waals surface area contributed by atoms with Crippen LogP contribution < -0.4 is 0 Å². The first-order chi connectivity index (χ1) is 8.19. The van der Waals surface area contributed by atoms with Crippen molar-refractivity contribution in [2.75, 3.05) is 7.11 Å². The molecule has 2 rings (SSSR count). The zero-order valence-electron chi connectivity index (χ0n) is 9.72. The Hall–Kier alpha value is -1.20. The van der Waals surface area contributed by atoms with E-state index >= 15 is 0 Å². The van der Waals surface area contributed by atoms with E-state index in [-0.39, 0.29) is 18.4 Å². The number of carbonyl (C=O) groups excluding carboxylic acids is 2. The number of methoxy groups -OCH3 is 1. The van der Waals surface area contributed by atoms with Gasteiger partial charge in [-0.15, -0.1) is 0 Å². The molecule has 0 saturated heterocycles. The van der Waals surface area contributed by atoms with E-state index in [0.717, 1.165) is 12.0 Å². The van der Waals surface area contributed by atoms with Gasteiger partial charge in [-0.1, -0.05) is 0 Å². The van der Waals surface area contributed by atoms with E-state index in [1.165, 1.54) is 7.11 Å². The van der Waals surface area contributed by atoms with Gasteiger partial charge < -0.3 is 9.84 Å². The Balaban J connectivity index is 0.000000181. The van der Waals surface area contributed by atoms with Gasteiger partial charge in [0.1, 0.15) is 11.7 Å². The van der Waals surface area contributed by atoms with Gasteiger partial charge in [0, 0.05) is 6.42 Å². The van der Waals surface area contributed by atoms with Crippen LogP contribution >= 0.6 is 11.3 Å². The van der Waals surface area contributed by atoms with E-state index in [1.807, 2.05) is 16.8 Å². The Bertz CT molecular complexity index is 359. The van der Waals surface area contributed by atoms with Crippen molar-refractivity contribution < 1.29 is 19.4 Å². The van der Waals surface area contributed by atoms with Crippen LogP contribution in [0, 0.1) is 5.92 Å². The highest BCUT2D eigenvalue weighted by Crippen LogP contribution is 2.21. The molecule has 0 amide bonds. The summed E-state index contributed by atoms with van der Waals surface area (Å²) < 4.78 is 4.44. The molecule has 94 valence electrons. The lowest BCUT2D eigenvalue weighted by Crippen LogP contribution is -2.19. The maximum absolute atomic E-state index is 10.9. The summed E-state index contributed by atoms with van der Waals surface area (Å²) in [4.78, 5) is 21.7. The zero-order chi connectivity index (χ0) is 12.7. The number of thiophene rings is 1. The van der Waals surface area contributed by atoms with Crippen molar-refractivity contribution in [1.29, 1.82) is 0 Å². The molecule has 1 N–H and O–H groups in total. The van der Waals surface area contributed by atoms with Gasteiger partial charge >= 0.3 is 5.97 Å². The molecule has 17 heavy (non-hydrogen) atoms. The van der Waals surface area contributed by atoms with Gasteiger partial charge in [-0.2, -0.15) is 11.3 Å². The van der Waals surface area contributed by atoms with Crippen LogP contribution in [-0.2, 0) is 20.9 Å². The van der Waals surface area contributed by atoms with Crippen molar-refractivity contribution >= 4 is 23.1 Å². The van der Waals surface area contributed by atoms with Crippen LogP contribution in [-0.4, -0.2) is 24.0 Å². The third-order valence-corrected chi connectivity index (χ3v) is 3.29. The first-order valence-electron chi connectivity index (χ1n) is 5.41. The summed E-state index contributed by atoms with van der Waals surface area (Å²) in [7, 11) is 1.31. The van der Waals surface area contributed by atoms with E-state index in [1.54, 1.807) is 11.3 Å². The number of ketones is 1. The number of esters is 1. The maximum Gasteiger partial charge on any atom is 0.316 e. The molecule has 0 spiro atoms. The van der Waals surface area contributed by atoms with E-state index in [2.05, 4.69) is 4.74 Å². The molecule has 1 atom stereocenters. The van der Waals surface area contributed by atoms with Crippen LogP contribution in [0.5, 0.6) is 0 Å². The lowest BCUT2D eigenvalue weighted by Gasteiger charge is -2.02. The Morgan fingerprint density at radius 2 is 2.41 bits per heavy atom. The predicted molar refractivity (Wildman–Crippen MR) is 64.6 cm³/mol. The number of hydrogen-bond acceptors (Lipinski definition) is 5. The number of aliphatic hydroxyl groups excluding tert-OH is 1. The van der Waals surface area contributed by atoms with Gasteiger partial charge in [0.05, 0.1) is 13.7 Å². The summed E-state index contributed by atoms with van der Waals surface area (Å²) in [6.07, 6.45) is 2.05. The minimum absolute atomic E-state index is 0.0341. The molecule has 1 aliphatic rings. The van der Waals surface area contributed by atoms with Crippen molar-refractivity contribution in [2.24, 2.45) is 5.92 Å². The molecule has 0 aliphatic heterocycles. The molecule has 0 radical (unpaired) electrons. The summed E-state index contributed by atoms with van der Waals surface area (Å²) in [6.45, 7) is 0.170. The molecule has 5 heteroatoms. The van der Waals surface area contributed by atoms with Crippen LogP contribution in [0.1, 0.15) is 24.8 Å². The van der Waals surface area contributed by atoms with E-state index < -0.39 is 5.92 Å². The molecule has 4 nitrogen and oxygen atoms in total. The standard InChI is InChI=1S/C7H10O3.C5H6OS/c1-10-7(9)5-3-2-4-6(5)8;6-3-5-1-2-7-4-5/h5H,2-4H2,1H3;1-2,4,6H,3H2. The van der Waals surface area contributed by atoms with E-state index in [4.69, 9.17) is 5.11 Å². The minimum atomic E-state index is -0.454. The third kappa shape index (κ3) is 4.28. The van der Waals surface area contributed by atoms with Crippen molar-refractivity contribution in [2.45, 2.75) is 25.9 Å². The third-order valence-electron chi connectivity index (χ3n) is 2.55. The number of hydrogen-bond donors (Lipinski definition) is 1. The second-order valence-electron chi connectivity index (χ2n) is 3.72. The number of carbonyl (C=O) groups is 2. The molecular formula is C12H16O4S. The fourth-order valence-electron chi connectivity index (χ4n) is 1.59. The lowest BCUT2D eigenvalue weighted by molar-refractivity contribution is -0.148. The Morgan fingerprint density at radius 3 is 2.76 bits per heavy atom. The number of Topliss-reactive ketones (excluding diaryl/α,β-unsaturated/α-hetero) is 1. The fraction of sp³-hybridized carbons (Fsp3) is 0.500. The van der Waals surface area contributed by atoms with Crippen LogP contribution in [0.3, 0.4) is 0 Å². The molecule has 1 fully saturated rings. The molecule has 1 saturated carbocycles. The van der Waals surface area contributed by atoms with Gasteiger partial charge in [0.15, 0.2) is 0 Å². The van der Waals surface area contributed by atoms with Crippen molar-refractivity contribution in [3.05, 3.63) is 22.4 Å². The number of aliphatic hydroxyl groups is 1. The molecule has 1 aromatic rings. The molecule has 1 unspecified atom stereocenters. The van der Waals surface area contributed by atoms with E-state index in [9.17, 15) is 9.59 Å². The van der Waals surface area contributed by atoms with Crippen LogP contribution in [0.25, 0.3) is 0 Å². The summed E-state index contributed by atoms with van der Waals surface area (Å²) in [6, 6.07) is 1.91. The van der Waals surface area contributed by atoms with Gasteiger partial charge in [-0.25, -0.2) is 0 Å². The highest BCUT2D eigenvalue weighted by Gasteiger charge is 2.31. The minimum Gasteiger partial charge on any atom is -0.468 e. The smallest absolute Gasteiger partial charge is 0.316 e. The Morgan fingerprint density at radius 1 is 1.65 bits per heavy atom. The van der Waals surface area contributed by atoms with Crippen LogP contribution in [0.15, 0.2) is 16.8 Å². The highest BCUT2D eigenvalue weighted by atomic mass is 32.1. The highest BCUT2D eigenvalue weighted by molar-refractivity contribution is 7.07. The van der Waals surface area contributed by atoms with Gasteiger partial charge in [0.2, 0.25) is 0 Å². The van der Waals surface area contributed by atoms with Crippen molar-refractivity contribution in [1.82, 2.24) is 0 Å². The number of rotatable bonds is 2. The largest absolute Gasteiger partial charge is 0.468 e. The van der Waals surface area contributed by atoms with E-state index in [0.29, 0.717) is 12.8 Å². The normalized spacial score (nSPS) is 18.5. The van der Waals surface area contributed by atoms with Gasteiger partial charge in [-0.05, 0) is 35.2 Å². The quantitative estimate of drug-likeness (QED) is 0.647. The average Bonchev–Trinajstić information content (AvgIpc) is 2.99. The molecule has 0 aromatic carbocycles. The lowest BCUT2D eigenvalue weighted by atomic mass is 10.1. The zero-order valence-corrected chi connectivity index (χ0v) is 10.5. The molecule has 1 aromatic heterocycles. The summed E-state index contributed by atoms with van der Waals surface area (Å²) >= 11 is 1.60. The molecule has 0 bridgehead atoms.